The molecule has 2 heterocycles. The number of nitrogens with one attached hydrogen (secondary N) is 1. The summed E-state index contributed by atoms with van der Waals surface area (Å²) in [6.45, 7) is 3.24. The van der Waals surface area contributed by atoms with Crippen LogP contribution in [0.5, 0.6) is 0 Å². The third kappa shape index (κ3) is 3.92. The highest BCUT2D eigenvalue weighted by Gasteiger charge is 2.22. The van der Waals surface area contributed by atoms with Crippen LogP contribution >= 0.6 is 15.9 Å². The number of nitrogens with zero attached hydrogens (tertiary/aromatic N) is 4. The van der Waals surface area contributed by atoms with E-state index in [0.29, 0.717) is 19.8 Å². The molecule has 0 aliphatic carbocycles. The highest BCUT2D eigenvalue weighted by Crippen LogP contribution is 2.29. The Morgan fingerprint density at radius 2 is 2.15 bits per heavy atom. The largest absolute Gasteiger partial charge is 0.378 e. The van der Waals surface area contributed by atoms with E-state index < -0.39 is 4.92 Å². The van der Waals surface area contributed by atoms with Gasteiger partial charge in [0.2, 0.25) is 5.82 Å². The van der Waals surface area contributed by atoms with E-state index in [-0.39, 0.29) is 17.1 Å². The van der Waals surface area contributed by atoms with E-state index in [1.807, 2.05) is 24.3 Å². The number of hydrogen-bond acceptors (Lipinski definition) is 7. The summed E-state index contributed by atoms with van der Waals surface area (Å²) in [7, 11) is 0. The molecule has 3 rings (SSSR count). The Bertz CT molecular complexity index is 862. The number of nitro groups is 1. The van der Waals surface area contributed by atoms with Gasteiger partial charge in [-0.25, -0.2) is 4.98 Å². The van der Waals surface area contributed by atoms with E-state index in [9.17, 15) is 10.1 Å². The molecule has 0 saturated carbocycles. The lowest BCUT2D eigenvalue weighted by molar-refractivity contribution is -0.384. The van der Waals surface area contributed by atoms with Crippen molar-refractivity contribution in [1.29, 1.82) is 5.26 Å². The monoisotopic (exact) mass is 417 g/mol. The molecule has 1 fully saturated rings. The van der Waals surface area contributed by atoms with Crippen molar-refractivity contribution in [2.75, 3.05) is 36.5 Å². The Hall–Kier alpha value is -2.70. The average Bonchev–Trinajstić information content (AvgIpc) is 2.67. The summed E-state index contributed by atoms with van der Waals surface area (Å²) in [4.78, 5) is 17.0. The molecule has 0 radical (unpaired) electrons. The van der Waals surface area contributed by atoms with Crippen LogP contribution in [-0.2, 0) is 11.3 Å². The number of pyridine rings is 1. The Morgan fingerprint density at radius 3 is 2.85 bits per heavy atom. The first-order valence-electron chi connectivity index (χ1n) is 7.98. The van der Waals surface area contributed by atoms with Crippen molar-refractivity contribution in [2.45, 2.75) is 6.54 Å². The van der Waals surface area contributed by atoms with Crippen molar-refractivity contribution < 1.29 is 9.66 Å². The minimum Gasteiger partial charge on any atom is -0.378 e. The molecule has 0 amide bonds. The second kappa shape index (κ2) is 8.12. The zero-order valence-corrected chi connectivity index (χ0v) is 15.4. The van der Waals surface area contributed by atoms with Gasteiger partial charge in [0.1, 0.15) is 11.6 Å². The molecule has 1 aromatic heterocycles. The molecule has 0 atom stereocenters. The molecule has 1 aliphatic heterocycles. The fraction of sp³-hybridized carbons (Fsp3) is 0.294. The van der Waals surface area contributed by atoms with Crippen LogP contribution in [0.15, 0.2) is 34.9 Å². The molecule has 9 heteroatoms. The van der Waals surface area contributed by atoms with Crippen LogP contribution < -0.4 is 10.2 Å². The van der Waals surface area contributed by atoms with Crippen LogP contribution in [0.2, 0.25) is 0 Å². The molecule has 134 valence electrons. The van der Waals surface area contributed by atoms with Crippen molar-refractivity contribution >= 4 is 33.1 Å². The number of hydrogen-bond donors (Lipinski definition) is 1. The van der Waals surface area contributed by atoms with Gasteiger partial charge >= 0.3 is 5.69 Å². The lowest BCUT2D eigenvalue weighted by atomic mass is 10.1. The van der Waals surface area contributed by atoms with Gasteiger partial charge in [0.05, 0.1) is 18.1 Å². The average molecular weight is 418 g/mol. The maximum Gasteiger partial charge on any atom is 0.328 e. The van der Waals surface area contributed by atoms with Crippen molar-refractivity contribution in [3.63, 3.8) is 0 Å². The number of ether oxygens (including phenoxy) is 1. The number of anilines is 2. The van der Waals surface area contributed by atoms with E-state index in [2.05, 4.69) is 31.1 Å². The summed E-state index contributed by atoms with van der Waals surface area (Å²) in [6, 6.07) is 9.08. The van der Waals surface area contributed by atoms with E-state index in [1.54, 1.807) is 0 Å². The number of halogens is 1. The van der Waals surface area contributed by atoms with Crippen molar-refractivity contribution in [3.8, 4) is 6.07 Å². The topological polar surface area (TPSA) is 104 Å². The van der Waals surface area contributed by atoms with Gasteiger partial charge in [-0.1, -0.05) is 22.0 Å². The summed E-state index contributed by atoms with van der Waals surface area (Å²) in [5.74, 6) is 0.0879. The Kier molecular flexibility index (Phi) is 5.65. The summed E-state index contributed by atoms with van der Waals surface area (Å²) < 4.78 is 6.36. The third-order valence-electron chi connectivity index (χ3n) is 4.07. The minimum atomic E-state index is -0.585. The molecule has 1 aliphatic rings. The minimum absolute atomic E-state index is 0.0169. The molecular formula is C17H16BrN5O3. The van der Waals surface area contributed by atoms with E-state index in [4.69, 9.17) is 10.00 Å². The normalized spacial score (nSPS) is 13.9. The van der Waals surface area contributed by atoms with Gasteiger partial charge in [0.25, 0.3) is 0 Å². The van der Waals surface area contributed by atoms with Gasteiger partial charge in [-0.3, -0.25) is 10.1 Å². The summed E-state index contributed by atoms with van der Waals surface area (Å²) >= 11 is 3.49. The van der Waals surface area contributed by atoms with Crippen LogP contribution in [0, 0.1) is 21.4 Å². The van der Waals surface area contributed by atoms with Gasteiger partial charge in [-0.2, -0.15) is 5.26 Å². The molecule has 1 aromatic carbocycles. The first-order chi connectivity index (χ1) is 12.6. The zero-order chi connectivity index (χ0) is 18.5. The van der Waals surface area contributed by atoms with Crippen LogP contribution in [0.3, 0.4) is 0 Å². The third-order valence-corrected chi connectivity index (χ3v) is 4.57. The molecule has 1 saturated heterocycles. The van der Waals surface area contributed by atoms with Crippen molar-refractivity contribution in [1.82, 2.24) is 4.98 Å². The molecule has 2 aromatic rings. The van der Waals surface area contributed by atoms with Crippen molar-refractivity contribution in [2.24, 2.45) is 0 Å². The smallest absolute Gasteiger partial charge is 0.328 e. The van der Waals surface area contributed by atoms with Crippen LogP contribution in [0.4, 0.5) is 17.2 Å². The summed E-state index contributed by atoms with van der Waals surface area (Å²) in [5.41, 5.74) is 1.69. The van der Waals surface area contributed by atoms with Crippen LogP contribution in [-0.4, -0.2) is 36.2 Å². The SMILES string of the molecule is N#Cc1ccnc(NCc2ccc(Br)cc2N2CCOCC2)c1[N+](=O)[O-]. The molecule has 26 heavy (non-hydrogen) atoms. The van der Waals surface area contributed by atoms with Gasteiger partial charge in [-0.05, 0) is 23.8 Å². The molecule has 0 bridgehead atoms. The van der Waals surface area contributed by atoms with E-state index in [0.717, 1.165) is 28.8 Å². The molecule has 8 nitrogen and oxygen atoms in total. The van der Waals surface area contributed by atoms with Crippen LogP contribution in [0.1, 0.15) is 11.1 Å². The number of benzene rings is 1. The Morgan fingerprint density at radius 1 is 1.38 bits per heavy atom. The maximum absolute atomic E-state index is 11.3. The highest BCUT2D eigenvalue weighted by atomic mass is 79.9. The highest BCUT2D eigenvalue weighted by molar-refractivity contribution is 9.10. The van der Waals surface area contributed by atoms with Crippen molar-refractivity contribution in [3.05, 3.63) is 56.2 Å². The number of aromatic nitrogens is 1. The lowest BCUT2D eigenvalue weighted by Gasteiger charge is -2.31. The van der Waals surface area contributed by atoms with Gasteiger partial charge in [0, 0.05) is 36.0 Å². The Labute approximate surface area is 158 Å². The number of morpholine rings is 1. The zero-order valence-electron chi connectivity index (χ0n) is 13.8. The van der Waals surface area contributed by atoms with E-state index in [1.165, 1.54) is 12.3 Å². The number of nitriles is 1. The standard InChI is InChI=1S/C17H16BrN5O3/c18-14-2-1-13(15(9-14)22-5-7-26-8-6-22)11-21-17-16(23(24)25)12(10-19)3-4-20-17/h1-4,9H,5-8,11H2,(H,20,21). The molecular weight excluding hydrogens is 402 g/mol. The Balaban J connectivity index is 1.87. The molecule has 0 spiro atoms. The molecule has 1 N–H and O–H groups in total. The fourth-order valence-corrected chi connectivity index (χ4v) is 3.17. The van der Waals surface area contributed by atoms with Gasteiger partial charge in [0.15, 0.2) is 0 Å². The fourth-order valence-electron chi connectivity index (χ4n) is 2.82. The second-order valence-electron chi connectivity index (χ2n) is 5.65. The number of rotatable bonds is 5. The summed E-state index contributed by atoms with van der Waals surface area (Å²) in [6.07, 6.45) is 1.39. The first-order valence-corrected chi connectivity index (χ1v) is 8.78. The lowest BCUT2D eigenvalue weighted by Crippen LogP contribution is -2.36. The molecule has 0 unspecified atom stereocenters. The predicted molar refractivity (Wildman–Crippen MR) is 100 cm³/mol. The van der Waals surface area contributed by atoms with Gasteiger partial charge in [-0.15, -0.1) is 0 Å². The van der Waals surface area contributed by atoms with Gasteiger partial charge < -0.3 is 15.0 Å². The van der Waals surface area contributed by atoms with Crippen LogP contribution in [0.25, 0.3) is 0 Å². The van der Waals surface area contributed by atoms with E-state index >= 15 is 0 Å². The first kappa shape index (κ1) is 18.1. The predicted octanol–water partition coefficient (Wildman–Crippen LogP) is 3.07. The quantitative estimate of drug-likeness (QED) is 0.588. The maximum atomic E-state index is 11.3. The summed E-state index contributed by atoms with van der Waals surface area (Å²) in [5, 5.41) is 23.4. The second-order valence-corrected chi connectivity index (χ2v) is 6.57.